The number of hydrogen-bond donors (Lipinski definition) is 3. The summed E-state index contributed by atoms with van der Waals surface area (Å²) in [5.74, 6) is 1.37. The van der Waals surface area contributed by atoms with Gasteiger partial charge in [-0.05, 0) is 65.9 Å². The average molecular weight is 813 g/mol. The average Bonchev–Trinajstić information content (AvgIpc) is 2.81. The smallest absolute Gasteiger partial charge is 0.123 e. The van der Waals surface area contributed by atoms with Crippen LogP contribution in [0, 0.1) is 7.43 Å². The molecule has 0 atom stereocenters. The van der Waals surface area contributed by atoms with E-state index in [4.69, 9.17) is 0 Å². The summed E-state index contributed by atoms with van der Waals surface area (Å²) in [5.41, 5.74) is 6.09. The molecule has 4 heteroatoms. The number of para-hydroxylation sites is 3. The Balaban J connectivity index is 0. The van der Waals surface area contributed by atoms with Crippen molar-refractivity contribution >= 4 is 0 Å². The Morgan fingerprint density at radius 2 is 0.404 bits per heavy atom. The monoisotopic (exact) mass is 813 g/mol. The van der Waals surface area contributed by atoms with Crippen molar-refractivity contribution in [2.45, 2.75) is 157 Å². The van der Waals surface area contributed by atoms with Crippen molar-refractivity contribution < 1.29 is 41.2 Å². The Morgan fingerprint density at radius 1 is 0.298 bits per heavy atom. The first-order valence-corrected chi connectivity index (χ1v) is 16.4. The Hall–Kier alpha value is -2.07. The van der Waals surface area contributed by atoms with Crippen LogP contribution in [0.25, 0.3) is 0 Å². The van der Waals surface area contributed by atoms with E-state index in [1.54, 1.807) is 0 Å². The zero-order valence-electron chi connectivity index (χ0n) is 33.5. The molecule has 0 unspecified atom stereocenters. The number of aromatic hydroxyl groups is 3. The molecule has 0 saturated heterocycles. The van der Waals surface area contributed by atoms with E-state index >= 15 is 0 Å². The molecule has 0 aliphatic heterocycles. The largest absolute Gasteiger partial charge is 0.507 e. The van der Waals surface area contributed by atoms with Gasteiger partial charge in [-0.1, -0.05) is 179 Å². The van der Waals surface area contributed by atoms with E-state index in [1.165, 1.54) is 0 Å². The third kappa shape index (κ3) is 13.4. The summed E-state index contributed by atoms with van der Waals surface area (Å²) < 4.78 is 0. The molecule has 0 saturated carbocycles. The predicted molar refractivity (Wildman–Crippen MR) is 203 cm³/mol. The second kappa shape index (κ2) is 16.6. The maximum atomic E-state index is 10.3. The molecule has 0 spiro atoms. The molecular formula is C43H69HfO3-. The van der Waals surface area contributed by atoms with Gasteiger partial charge < -0.3 is 22.7 Å². The third-order valence-corrected chi connectivity index (χ3v) is 7.96. The van der Waals surface area contributed by atoms with Crippen molar-refractivity contribution in [3.8, 4) is 17.2 Å². The first-order valence-electron chi connectivity index (χ1n) is 16.4. The number of phenols is 3. The minimum Gasteiger partial charge on any atom is -0.507 e. The molecule has 0 fully saturated rings. The summed E-state index contributed by atoms with van der Waals surface area (Å²) in [6, 6.07) is 18.1. The fourth-order valence-electron chi connectivity index (χ4n) is 5.26. The van der Waals surface area contributed by atoms with E-state index in [1.807, 2.05) is 54.6 Å². The second-order valence-corrected chi connectivity index (χ2v) is 18.6. The van der Waals surface area contributed by atoms with Crippen molar-refractivity contribution in [2.75, 3.05) is 0 Å². The summed E-state index contributed by atoms with van der Waals surface area (Å²) >= 11 is 0. The Kier molecular flexibility index (Phi) is 16.6. The summed E-state index contributed by atoms with van der Waals surface area (Å²) in [6.07, 6.45) is 0. The van der Waals surface area contributed by atoms with Crippen LogP contribution in [0.5, 0.6) is 17.2 Å². The van der Waals surface area contributed by atoms with Gasteiger partial charge in [0.1, 0.15) is 17.2 Å². The van der Waals surface area contributed by atoms with Crippen LogP contribution in [0.4, 0.5) is 0 Å². The van der Waals surface area contributed by atoms with E-state index in [-0.39, 0.29) is 65.8 Å². The molecular weight excluding hydrogens is 743 g/mol. The first kappa shape index (κ1) is 47.0. The van der Waals surface area contributed by atoms with Gasteiger partial charge in [0, 0.05) is 25.8 Å². The maximum Gasteiger partial charge on any atom is 0.123 e. The quantitative estimate of drug-likeness (QED) is 0.157. The van der Waals surface area contributed by atoms with Crippen LogP contribution < -0.4 is 0 Å². The van der Waals surface area contributed by atoms with Gasteiger partial charge in [-0.2, -0.15) is 0 Å². The predicted octanol–water partition coefficient (Wildman–Crippen LogP) is 12.4. The van der Waals surface area contributed by atoms with Gasteiger partial charge in [0.25, 0.3) is 0 Å². The molecule has 3 rings (SSSR count). The molecule has 3 aromatic rings. The zero-order valence-corrected chi connectivity index (χ0v) is 37.1. The van der Waals surface area contributed by atoms with Crippen molar-refractivity contribution in [1.82, 2.24) is 0 Å². The molecule has 3 nitrogen and oxygen atoms in total. The summed E-state index contributed by atoms with van der Waals surface area (Å²) in [4.78, 5) is 0. The standard InChI is InChI=1S/3C14H22O.CH3.Hf/c3*1-13(2,3)10-8-7-9-11(12(10)15)14(4,5)6;;/h3*7-9,15H,1-6H3;1H3;/q;;;-1;. The van der Waals surface area contributed by atoms with E-state index < -0.39 is 0 Å². The van der Waals surface area contributed by atoms with Crippen LogP contribution in [-0.2, 0) is 58.3 Å². The van der Waals surface area contributed by atoms with Gasteiger partial charge >= 0.3 is 0 Å². The Bertz CT molecular complexity index is 1140. The van der Waals surface area contributed by atoms with Crippen LogP contribution >= 0.6 is 0 Å². The number of benzene rings is 3. The molecule has 3 aromatic carbocycles. The second-order valence-electron chi connectivity index (χ2n) is 18.6. The van der Waals surface area contributed by atoms with Gasteiger partial charge in [-0.3, -0.25) is 0 Å². The fourth-order valence-corrected chi connectivity index (χ4v) is 5.26. The number of hydrogen-bond acceptors (Lipinski definition) is 3. The van der Waals surface area contributed by atoms with Crippen molar-refractivity contribution in [1.29, 1.82) is 0 Å². The molecule has 47 heavy (non-hydrogen) atoms. The van der Waals surface area contributed by atoms with Crippen LogP contribution in [0.15, 0.2) is 54.6 Å². The zero-order chi connectivity index (χ0) is 35.6. The van der Waals surface area contributed by atoms with Crippen LogP contribution in [0.1, 0.15) is 158 Å². The molecule has 0 amide bonds. The van der Waals surface area contributed by atoms with E-state index in [0.717, 1.165) is 33.4 Å². The third-order valence-electron chi connectivity index (χ3n) is 7.96. The molecule has 264 valence electrons. The first-order chi connectivity index (χ1) is 19.9. The molecule has 0 radical (unpaired) electrons. The molecule has 0 aliphatic carbocycles. The van der Waals surface area contributed by atoms with Gasteiger partial charge in [0.2, 0.25) is 0 Å². The van der Waals surface area contributed by atoms with Crippen LogP contribution in [-0.4, -0.2) is 15.3 Å². The minimum absolute atomic E-state index is 0. The SMILES string of the molecule is CC(C)(C)c1cccc(C(C)(C)C)c1O.CC(C)(C)c1cccc(C(C)(C)C)c1O.CC(C)(C)c1cccc(C(C)(C)C)c1O.[CH3-].[Hf]. The van der Waals surface area contributed by atoms with Gasteiger partial charge in [-0.25, -0.2) is 0 Å². The molecule has 0 aromatic heterocycles. The molecule has 0 heterocycles. The van der Waals surface area contributed by atoms with Gasteiger partial charge in [0.05, 0.1) is 0 Å². The summed E-state index contributed by atoms with van der Waals surface area (Å²) in [5, 5.41) is 30.8. The number of rotatable bonds is 0. The van der Waals surface area contributed by atoms with Gasteiger partial charge in [0.15, 0.2) is 0 Å². The molecule has 3 N–H and O–H groups in total. The molecule has 0 aliphatic rings. The maximum absolute atomic E-state index is 10.3. The van der Waals surface area contributed by atoms with E-state index in [2.05, 4.69) is 125 Å². The fraction of sp³-hybridized carbons (Fsp3) is 0.558. The minimum atomic E-state index is -0.00859. The van der Waals surface area contributed by atoms with Crippen LogP contribution in [0.3, 0.4) is 0 Å². The normalized spacial score (nSPS) is 12.4. The van der Waals surface area contributed by atoms with Crippen LogP contribution in [0.2, 0.25) is 0 Å². The summed E-state index contributed by atoms with van der Waals surface area (Å²) in [6.45, 7) is 38.2. The van der Waals surface area contributed by atoms with E-state index in [0.29, 0.717) is 17.2 Å². The van der Waals surface area contributed by atoms with E-state index in [9.17, 15) is 15.3 Å². The summed E-state index contributed by atoms with van der Waals surface area (Å²) in [7, 11) is 0. The number of phenolic OH excluding ortho intramolecular Hbond substituents is 3. The Labute approximate surface area is 309 Å². The topological polar surface area (TPSA) is 60.7 Å². The van der Waals surface area contributed by atoms with Gasteiger partial charge in [-0.15, -0.1) is 0 Å². The molecule has 0 bridgehead atoms. The Morgan fingerprint density at radius 3 is 0.489 bits per heavy atom. The van der Waals surface area contributed by atoms with Crippen molar-refractivity contribution in [3.63, 3.8) is 0 Å². The van der Waals surface area contributed by atoms with Crippen molar-refractivity contribution in [3.05, 3.63) is 95.4 Å². The van der Waals surface area contributed by atoms with Crippen molar-refractivity contribution in [2.24, 2.45) is 0 Å².